The van der Waals surface area contributed by atoms with Crippen LogP contribution in [0.3, 0.4) is 0 Å². The van der Waals surface area contributed by atoms with Gasteiger partial charge in [0.1, 0.15) is 0 Å². The van der Waals surface area contributed by atoms with E-state index in [0.717, 1.165) is 13.0 Å². The van der Waals surface area contributed by atoms with Crippen LogP contribution in [-0.4, -0.2) is 24.4 Å². The van der Waals surface area contributed by atoms with E-state index >= 15 is 0 Å². The lowest BCUT2D eigenvalue weighted by Gasteiger charge is -2.12. The van der Waals surface area contributed by atoms with Gasteiger partial charge in [-0.3, -0.25) is 0 Å². The van der Waals surface area contributed by atoms with E-state index in [2.05, 4.69) is 0 Å². The van der Waals surface area contributed by atoms with Gasteiger partial charge in [-0.25, -0.2) is 0 Å². The van der Waals surface area contributed by atoms with E-state index in [9.17, 15) is 0 Å². The fourth-order valence-corrected chi connectivity index (χ4v) is 1.18. The number of ether oxygens (including phenoxy) is 1. The van der Waals surface area contributed by atoms with Crippen LogP contribution in [-0.2, 0) is 4.74 Å². The third-order valence-corrected chi connectivity index (χ3v) is 2.38. The van der Waals surface area contributed by atoms with E-state index in [-0.39, 0.29) is 5.41 Å². The van der Waals surface area contributed by atoms with Crippen LogP contribution in [0, 0.1) is 5.41 Å². The van der Waals surface area contributed by atoms with Gasteiger partial charge >= 0.3 is 0 Å². The van der Waals surface area contributed by atoms with E-state index in [0.29, 0.717) is 12.7 Å². The lowest BCUT2D eigenvalue weighted by Crippen LogP contribution is -2.12. The molecule has 0 aliphatic heterocycles. The normalized spacial score (nSPS) is 20.7. The molecule has 2 nitrogen and oxygen atoms in total. The van der Waals surface area contributed by atoms with Crippen LogP contribution in [0.5, 0.6) is 0 Å². The quantitative estimate of drug-likeness (QED) is 0.658. The van der Waals surface area contributed by atoms with Gasteiger partial charge in [0.25, 0.3) is 0 Å². The molecule has 1 saturated carbocycles. The van der Waals surface area contributed by atoms with Gasteiger partial charge in [-0.05, 0) is 38.5 Å². The second kappa shape index (κ2) is 3.55. The SMILES string of the molecule is CC(C)OCCC1(CO)CC1. The summed E-state index contributed by atoms with van der Waals surface area (Å²) in [4.78, 5) is 0. The maximum atomic E-state index is 8.97. The highest BCUT2D eigenvalue weighted by molar-refractivity contribution is 4.91. The van der Waals surface area contributed by atoms with Crippen LogP contribution >= 0.6 is 0 Å². The van der Waals surface area contributed by atoms with E-state index in [1.54, 1.807) is 0 Å². The number of aliphatic hydroxyl groups is 1. The Labute approximate surface area is 68.6 Å². The molecule has 11 heavy (non-hydrogen) atoms. The minimum Gasteiger partial charge on any atom is -0.396 e. The fraction of sp³-hybridized carbons (Fsp3) is 1.00. The van der Waals surface area contributed by atoms with Gasteiger partial charge in [-0.2, -0.15) is 0 Å². The van der Waals surface area contributed by atoms with Gasteiger partial charge in [0, 0.05) is 13.2 Å². The molecular formula is C9H18O2. The van der Waals surface area contributed by atoms with Crippen LogP contribution in [0.4, 0.5) is 0 Å². The zero-order valence-electron chi connectivity index (χ0n) is 7.47. The first kappa shape index (κ1) is 9.01. The zero-order chi connectivity index (χ0) is 8.32. The van der Waals surface area contributed by atoms with Crippen molar-refractivity contribution in [2.75, 3.05) is 13.2 Å². The molecule has 0 aromatic carbocycles. The molecule has 0 heterocycles. The van der Waals surface area contributed by atoms with Gasteiger partial charge in [-0.15, -0.1) is 0 Å². The summed E-state index contributed by atoms with van der Waals surface area (Å²) in [6.07, 6.45) is 3.72. The van der Waals surface area contributed by atoms with Crippen molar-refractivity contribution in [3.05, 3.63) is 0 Å². The smallest absolute Gasteiger partial charge is 0.0518 e. The summed E-state index contributed by atoms with van der Waals surface area (Å²) in [5.41, 5.74) is 0.259. The molecule has 1 rings (SSSR count). The van der Waals surface area contributed by atoms with E-state index in [4.69, 9.17) is 9.84 Å². The molecule has 2 heteroatoms. The number of aliphatic hydroxyl groups excluding tert-OH is 1. The Morgan fingerprint density at radius 3 is 2.45 bits per heavy atom. The van der Waals surface area contributed by atoms with Gasteiger partial charge < -0.3 is 9.84 Å². The second-order valence-electron chi connectivity index (χ2n) is 3.83. The first-order valence-corrected chi connectivity index (χ1v) is 4.41. The van der Waals surface area contributed by atoms with Crippen LogP contribution in [0.1, 0.15) is 33.1 Å². The predicted octanol–water partition coefficient (Wildman–Crippen LogP) is 1.57. The third kappa shape index (κ3) is 2.80. The summed E-state index contributed by atoms with van der Waals surface area (Å²) >= 11 is 0. The summed E-state index contributed by atoms with van der Waals surface area (Å²) in [5.74, 6) is 0. The molecule has 1 aliphatic carbocycles. The highest BCUT2D eigenvalue weighted by Gasteiger charge is 2.41. The molecule has 0 aromatic rings. The Balaban J connectivity index is 2.03. The molecule has 1 fully saturated rings. The topological polar surface area (TPSA) is 29.5 Å². The van der Waals surface area contributed by atoms with Crippen molar-refractivity contribution in [3.63, 3.8) is 0 Å². The molecular weight excluding hydrogens is 140 g/mol. The number of hydrogen-bond donors (Lipinski definition) is 1. The summed E-state index contributed by atoms with van der Waals surface area (Å²) < 4.78 is 5.41. The largest absolute Gasteiger partial charge is 0.396 e. The van der Waals surface area contributed by atoms with Crippen molar-refractivity contribution in [1.82, 2.24) is 0 Å². The van der Waals surface area contributed by atoms with Crippen molar-refractivity contribution in [2.24, 2.45) is 5.41 Å². The van der Waals surface area contributed by atoms with Crippen LogP contribution in [0.15, 0.2) is 0 Å². The number of hydrogen-bond acceptors (Lipinski definition) is 2. The highest BCUT2D eigenvalue weighted by atomic mass is 16.5. The maximum absolute atomic E-state index is 8.97. The summed E-state index contributed by atoms with van der Waals surface area (Å²) in [6, 6.07) is 0. The average Bonchev–Trinajstić information content (AvgIpc) is 2.69. The van der Waals surface area contributed by atoms with Gasteiger partial charge in [-0.1, -0.05) is 0 Å². The Hall–Kier alpha value is -0.0800. The van der Waals surface area contributed by atoms with E-state index in [1.807, 2.05) is 13.8 Å². The minimum absolute atomic E-state index is 0.259. The average molecular weight is 158 g/mol. The molecule has 1 aliphatic rings. The molecule has 0 unspecified atom stereocenters. The van der Waals surface area contributed by atoms with Crippen LogP contribution in [0.25, 0.3) is 0 Å². The second-order valence-corrected chi connectivity index (χ2v) is 3.83. The Bertz CT molecular complexity index is 117. The minimum atomic E-state index is 0.259. The van der Waals surface area contributed by atoms with Crippen molar-refractivity contribution < 1.29 is 9.84 Å². The van der Waals surface area contributed by atoms with Crippen LogP contribution < -0.4 is 0 Å². The standard InChI is InChI=1S/C9H18O2/c1-8(2)11-6-5-9(7-10)3-4-9/h8,10H,3-7H2,1-2H3. The zero-order valence-corrected chi connectivity index (χ0v) is 7.47. The van der Waals surface area contributed by atoms with Crippen molar-refractivity contribution in [3.8, 4) is 0 Å². The van der Waals surface area contributed by atoms with Crippen molar-refractivity contribution >= 4 is 0 Å². The Morgan fingerprint density at radius 1 is 1.45 bits per heavy atom. The van der Waals surface area contributed by atoms with Crippen molar-refractivity contribution in [1.29, 1.82) is 0 Å². The molecule has 0 bridgehead atoms. The lowest BCUT2D eigenvalue weighted by molar-refractivity contribution is 0.0571. The first-order valence-electron chi connectivity index (χ1n) is 4.41. The molecule has 0 radical (unpaired) electrons. The van der Waals surface area contributed by atoms with E-state index < -0.39 is 0 Å². The number of rotatable bonds is 5. The monoisotopic (exact) mass is 158 g/mol. The summed E-state index contributed by atoms with van der Waals surface area (Å²) in [7, 11) is 0. The van der Waals surface area contributed by atoms with E-state index in [1.165, 1.54) is 12.8 Å². The first-order chi connectivity index (χ1) is 5.18. The molecule has 0 saturated heterocycles. The van der Waals surface area contributed by atoms with Gasteiger partial charge in [0.15, 0.2) is 0 Å². The Morgan fingerprint density at radius 2 is 2.09 bits per heavy atom. The molecule has 0 spiro atoms. The maximum Gasteiger partial charge on any atom is 0.0518 e. The Kier molecular flexibility index (Phi) is 2.90. The molecule has 0 atom stereocenters. The predicted molar refractivity (Wildman–Crippen MR) is 44.5 cm³/mol. The summed E-state index contributed by atoms with van der Waals surface area (Å²) in [5, 5.41) is 8.97. The third-order valence-electron chi connectivity index (χ3n) is 2.38. The highest BCUT2D eigenvalue weighted by Crippen LogP contribution is 2.48. The lowest BCUT2D eigenvalue weighted by atomic mass is 10.1. The summed E-state index contributed by atoms with van der Waals surface area (Å²) in [6.45, 7) is 5.23. The molecule has 1 N–H and O–H groups in total. The van der Waals surface area contributed by atoms with Gasteiger partial charge in [0.05, 0.1) is 6.10 Å². The molecule has 0 amide bonds. The molecule has 66 valence electrons. The fourth-order valence-electron chi connectivity index (χ4n) is 1.18. The molecule has 0 aromatic heterocycles. The van der Waals surface area contributed by atoms with Crippen LogP contribution in [0.2, 0.25) is 0 Å². The van der Waals surface area contributed by atoms with Crippen molar-refractivity contribution in [2.45, 2.75) is 39.2 Å². The van der Waals surface area contributed by atoms with Gasteiger partial charge in [0.2, 0.25) is 0 Å².